The zero-order valence-electron chi connectivity index (χ0n) is 18.9. The summed E-state index contributed by atoms with van der Waals surface area (Å²) in [5.74, 6) is 1.86. The van der Waals surface area contributed by atoms with Crippen LogP contribution in [-0.4, -0.2) is 30.9 Å². The number of nitrogens with one attached hydrogen (secondary N) is 2. The molecule has 0 bridgehead atoms. The number of aryl methyl sites for hydroxylation is 2. The van der Waals surface area contributed by atoms with E-state index in [1.165, 1.54) is 16.7 Å². The van der Waals surface area contributed by atoms with Crippen LogP contribution in [0, 0.1) is 19.8 Å². The van der Waals surface area contributed by atoms with Crippen LogP contribution in [0.25, 0.3) is 0 Å². The van der Waals surface area contributed by atoms with Gasteiger partial charge in [0.1, 0.15) is 5.75 Å². The van der Waals surface area contributed by atoms with E-state index in [1.807, 2.05) is 24.3 Å². The monoisotopic (exact) mass is 440 g/mol. The van der Waals surface area contributed by atoms with Crippen molar-refractivity contribution in [2.45, 2.75) is 39.9 Å². The van der Waals surface area contributed by atoms with Gasteiger partial charge in [0.2, 0.25) is 5.91 Å². The largest absolute Gasteiger partial charge is 0.497 e. The van der Waals surface area contributed by atoms with Gasteiger partial charge in [0.25, 0.3) is 0 Å². The molecule has 0 radical (unpaired) electrons. The second-order valence-corrected chi connectivity index (χ2v) is 8.69. The molecule has 0 saturated heterocycles. The van der Waals surface area contributed by atoms with Crippen molar-refractivity contribution in [3.05, 3.63) is 59.2 Å². The predicted octanol–water partition coefficient (Wildman–Crippen LogP) is 4.97. The topological polar surface area (TPSA) is 75.1 Å². The molecule has 31 heavy (non-hydrogen) atoms. The third kappa shape index (κ3) is 9.70. The summed E-state index contributed by atoms with van der Waals surface area (Å²) in [5.41, 5.74) is 7.45. The van der Waals surface area contributed by atoms with Crippen LogP contribution in [0.5, 0.6) is 5.75 Å². The quantitative estimate of drug-likeness (QED) is 0.328. The molecule has 2 rings (SSSR count). The second kappa shape index (κ2) is 12.8. The molecule has 0 aliphatic carbocycles. The summed E-state index contributed by atoms with van der Waals surface area (Å²) >= 11 is 1.56. The van der Waals surface area contributed by atoms with Crippen LogP contribution in [0.15, 0.2) is 52.6 Å². The Kier molecular flexibility index (Phi) is 10.1. The van der Waals surface area contributed by atoms with E-state index in [-0.39, 0.29) is 12.3 Å². The molecule has 1 amide bonds. The number of rotatable bonds is 9. The predicted molar refractivity (Wildman–Crippen MR) is 131 cm³/mol. The molecule has 2 aromatic rings. The highest BCUT2D eigenvalue weighted by Gasteiger charge is 2.05. The van der Waals surface area contributed by atoms with Gasteiger partial charge in [-0.05, 0) is 37.5 Å². The standard InChI is InChI=1S/C24H32N4O2S/c1-17(2)15-25-23(29)9-10-26-28-24(27-21-7-6-8-22(14-21)30-5)31-16-20-12-18(3)11-19(4)13-20/h6-8,10-14,17H,9,15-16H2,1-5H3,(H,25,29)(H,27,28)/b26-10+. The third-order valence-corrected chi connectivity index (χ3v) is 5.11. The van der Waals surface area contributed by atoms with E-state index in [0.717, 1.165) is 17.2 Å². The number of benzene rings is 2. The molecule has 0 heterocycles. The summed E-state index contributed by atoms with van der Waals surface area (Å²) < 4.78 is 5.29. The molecule has 7 heteroatoms. The number of nitrogens with zero attached hydrogens (tertiary/aromatic N) is 2. The molecule has 0 aliphatic rings. The van der Waals surface area contributed by atoms with Gasteiger partial charge in [-0.25, -0.2) is 4.99 Å². The first-order valence-corrected chi connectivity index (χ1v) is 11.3. The summed E-state index contributed by atoms with van der Waals surface area (Å²) in [6, 6.07) is 14.0. The first-order valence-electron chi connectivity index (χ1n) is 10.3. The Morgan fingerprint density at radius 2 is 1.90 bits per heavy atom. The molecule has 0 saturated carbocycles. The van der Waals surface area contributed by atoms with Gasteiger partial charge in [-0.15, -0.1) is 0 Å². The van der Waals surface area contributed by atoms with Gasteiger partial charge < -0.3 is 10.1 Å². The fraction of sp³-hybridized carbons (Fsp3) is 0.375. The number of amides is 1. The minimum absolute atomic E-state index is 0.0478. The molecular formula is C24H32N4O2S. The molecule has 0 fully saturated rings. The Balaban J connectivity index is 2.07. The first kappa shape index (κ1) is 24.5. The molecule has 0 aliphatic heterocycles. The summed E-state index contributed by atoms with van der Waals surface area (Å²) in [5, 5.41) is 7.72. The average Bonchev–Trinajstić information content (AvgIpc) is 2.72. The third-order valence-electron chi connectivity index (χ3n) is 4.18. The van der Waals surface area contributed by atoms with E-state index in [1.54, 1.807) is 25.1 Å². The molecule has 2 N–H and O–H groups in total. The van der Waals surface area contributed by atoms with Crippen LogP contribution >= 0.6 is 11.8 Å². The molecule has 6 nitrogen and oxygen atoms in total. The number of amidine groups is 1. The number of methoxy groups -OCH3 is 1. The van der Waals surface area contributed by atoms with Crippen LogP contribution < -0.4 is 15.5 Å². The minimum Gasteiger partial charge on any atom is -0.497 e. The van der Waals surface area contributed by atoms with Crippen LogP contribution in [0.3, 0.4) is 0 Å². The minimum atomic E-state index is -0.0478. The number of hydrazone groups is 1. The van der Waals surface area contributed by atoms with Gasteiger partial charge in [0.05, 0.1) is 19.2 Å². The van der Waals surface area contributed by atoms with Crippen molar-refractivity contribution in [3.63, 3.8) is 0 Å². The fourth-order valence-corrected chi connectivity index (χ4v) is 3.57. The van der Waals surface area contributed by atoms with E-state index in [4.69, 9.17) is 4.74 Å². The van der Waals surface area contributed by atoms with Crippen LogP contribution in [0.2, 0.25) is 0 Å². The lowest BCUT2D eigenvalue weighted by molar-refractivity contribution is -0.120. The van der Waals surface area contributed by atoms with Crippen molar-refractivity contribution in [3.8, 4) is 5.75 Å². The normalized spacial score (nSPS) is 11.7. The number of hydrogen-bond acceptors (Lipinski definition) is 5. The highest BCUT2D eigenvalue weighted by molar-refractivity contribution is 8.13. The second-order valence-electron chi connectivity index (χ2n) is 7.73. The smallest absolute Gasteiger partial charge is 0.225 e. The van der Waals surface area contributed by atoms with Crippen molar-refractivity contribution in [1.82, 2.24) is 10.7 Å². The maximum atomic E-state index is 11.8. The number of hydrogen-bond donors (Lipinski definition) is 2. The Labute approximate surface area is 189 Å². The summed E-state index contributed by atoms with van der Waals surface area (Å²) in [6.45, 7) is 8.97. The zero-order chi connectivity index (χ0) is 22.6. The van der Waals surface area contributed by atoms with Gasteiger partial charge in [0.15, 0.2) is 5.17 Å². The maximum absolute atomic E-state index is 11.8. The summed E-state index contributed by atoms with van der Waals surface area (Å²) in [6.07, 6.45) is 1.78. The number of thioether (sulfide) groups is 1. The van der Waals surface area contributed by atoms with Crippen molar-refractivity contribution in [2.24, 2.45) is 16.0 Å². The lowest BCUT2D eigenvalue weighted by Gasteiger charge is -2.08. The Morgan fingerprint density at radius 1 is 1.16 bits per heavy atom. The van der Waals surface area contributed by atoms with Crippen molar-refractivity contribution in [2.75, 3.05) is 13.7 Å². The molecule has 0 spiro atoms. The summed E-state index contributed by atoms with van der Waals surface area (Å²) in [4.78, 5) is 16.5. The molecule has 0 unspecified atom stereocenters. The Bertz CT molecular complexity index is 905. The highest BCUT2D eigenvalue weighted by atomic mass is 32.2. The van der Waals surface area contributed by atoms with Crippen LogP contribution in [-0.2, 0) is 10.5 Å². The Morgan fingerprint density at radius 3 is 2.58 bits per heavy atom. The average molecular weight is 441 g/mol. The van der Waals surface area contributed by atoms with Gasteiger partial charge in [-0.2, -0.15) is 5.10 Å². The van der Waals surface area contributed by atoms with E-state index >= 15 is 0 Å². The lowest BCUT2D eigenvalue weighted by atomic mass is 10.1. The van der Waals surface area contributed by atoms with E-state index in [9.17, 15) is 4.79 Å². The van der Waals surface area contributed by atoms with Crippen LogP contribution in [0.1, 0.15) is 37.0 Å². The van der Waals surface area contributed by atoms with Gasteiger partial charge in [-0.3, -0.25) is 10.2 Å². The molecule has 166 valence electrons. The van der Waals surface area contributed by atoms with Crippen LogP contribution in [0.4, 0.5) is 5.69 Å². The molecular weight excluding hydrogens is 408 g/mol. The lowest BCUT2D eigenvalue weighted by Crippen LogP contribution is -2.27. The number of ether oxygens (including phenoxy) is 1. The SMILES string of the molecule is COc1cccc(N=C(N/N=C/CC(=O)NCC(C)C)SCc2cc(C)cc(C)c2)c1. The summed E-state index contributed by atoms with van der Waals surface area (Å²) in [7, 11) is 1.63. The van der Waals surface area contributed by atoms with Gasteiger partial charge >= 0.3 is 0 Å². The number of carbonyl (C=O) groups excluding carboxylic acids is 1. The van der Waals surface area contributed by atoms with E-state index < -0.39 is 0 Å². The Hall–Kier alpha value is -2.80. The van der Waals surface area contributed by atoms with E-state index in [0.29, 0.717) is 17.6 Å². The van der Waals surface area contributed by atoms with Gasteiger partial charge in [-0.1, -0.05) is 61.0 Å². The van der Waals surface area contributed by atoms with Gasteiger partial charge in [0, 0.05) is 24.6 Å². The fourth-order valence-electron chi connectivity index (χ4n) is 2.81. The zero-order valence-corrected chi connectivity index (χ0v) is 19.8. The van der Waals surface area contributed by atoms with Crippen molar-refractivity contribution in [1.29, 1.82) is 0 Å². The van der Waals surface area contributed by atoms with E-state index in [2.05, 4.69) is 66.7 Å². The van der Waals surface area contributed by atoms with Crippen molar-refractivity contribution < 1.29 is 9.53 Å². The molecule has 2 aromatic carbocycles. The number of carbonyl (C=O) groups is 1. The molecule has 0 aromatic heterocycles. The number of aliphatic imine (C=N–C) groups is 1. The maximum Gasteiger partial charge on any atom is 0.225 e. The first-order chi connectivity index (χ1) is 14.9. The van der Waals surface area contributed by atoms with Crippen molar-refractivity contribution >= 4 is 34.7 Å². The highest BCUT2D eigenvalue weighted by Crippen LogP contribution is 2.23. The molecule has 0 atom stereocenters.